The molecule has 0 saturated carbocycles. The topological polar surface area (TPSA) is 90.2 Å². The number of nitrogens with zero attached hydrogens (tertiary/aromatic N) is 3. The van der Waals surface area contributed by atoms with E-state index in [1.807, 2.05) is 6.92 Å². The molecule has 0 amide bonds. The zero-order valence-corrected chi connectivity index (χ0v) is 11.1. The van der Waals surface area contributed by atoms with E-state index in [1.165, 1.54) is 13.2 Å². The summed E-state index contributed by atoms with van der Waals surface area (Å²) < 4.78 is 5.00. The molecule has 104 valence electrons. The van der Waals surface area contributed by atoms with Crippen LogP contribution in [0.2, 0.25) is 0 Å². The fourth-order valence-electron chi connectivity index (χ4n) is 1.75. The van der Waals surface area contributed by atoms with Gasteiger partial charge in [-0.3, -0.25) is 20.1 Å². The summed E-state index contributed by atoms with van der Waals surface area (Å²) in [5.41, 5.74) is 1.08. The molecule has 1 aromatic carbocycles. The van der Waals surface area contributed by atoms with Crippen LogP contribution >= 0.6 is 0 Å². The lowest BCUT2D eigenvalue weighted by atomic mass is 10.2. The summed E-state index contributed by atoms with van der Waals surface area (Å²) in [6.07, 6.45) is 4.77. The number of rotatable bonds is 5. The highest BCUT2D eigenvalue weighted by Crippen LogP contribution is 2.31. The lowest BCUT2D eigenvalue weighted by Crippen LogP contribution is -2.10. The van der Waals surface area contributed by atoms with Crippen LogP contribution in [0.1, 0.15) is 18.7 Å². The molecule has 0 fully saturated rings. The van der Waals surface area contributed by atoms with Crippen LogP contribution < -0.4 is 10.1 Å². The van der Waals surface area contributed by atoms with Crippen molar-refractivity contribution in [2.24, 2.45) is 0 Å². The van der Waals surface area contributed by atoms with Gasteiger partial charge in [-0.2, -0.15) is 0 Å². The molecule has 1 aromatic heterocycles. The van der Waals surface area contributed by atoms with Gasteiger partial charge in [0.1, 0.15) is 11.4 Å². The Kier molecular flexibility index (Phi) is 4.09. The zero-order chi connectivity index (χ0) is 14.5. The molecule has 1 heterocycles. The van der Waals surface area contributed by atoms with Crippen molar-refractivity contribution in [1.29, 1.82) is 0 Å². The van der Waals surface area contributed by atoms with Crippen molar-refractivity contribution >= 4 is 11.4 Å². The van der Waals surface area contributed by atoms with Crippen molar-refractivity contribution in [2.75, 3.05) is 12.4 Å². The third kappa shape index (κ3) is 3.00. The van der Waals surface area contributed by atoms with E-state index < -0.39 is 4.92 Å². The summed E-state index contributed by atoms with van der Waals surface area (Å²) in [7, 11) is 1.47. The zero-order valence-electron chi connectivity index (χ0n) is 11.1. The molecule has 0 spiro atoms. The van der Waals surface area contributed by atoms with E-state index >= 15 is 0 Å². The van der Waals surface area contributed by atoms with Gasteiger partial charge in [0.05, 0.1) is 36.0 Å². The molecule has 0 aliphatic rings. The minimum absolute atomic E-state index is 0.0416. The Morgan fingerprint density at radius 1 is 1.40 bits per heavy atom. The van der Waals surface area contributed by atoms with E-state index in [0.717, 1.165) is 0 Å². The van der Waals surface area contributed by atoms with Crippen LogP contribution in [0.3, 0.4) is 0 Å². The molecule has 20 heavy (non-hydrogen) atoms. The number of nitro benzene ring substituents is 1. The molecule has 2 aromatic rings. The van der Waals surface area contributed by atoms with E-state index in [-0.39, 0.29) is 11.7 Å². The highest BCUT2D eigenvalue weighted by molar-refractivity contribution is 5.64. The minimum Gasteiger partial charge on any atom is -0.496 e. The predicted molar refractivity (Wildman–Crippen MR) is 73.7 cm³/mol. The SMILES string of the molecule is COc1ccc(NC(C)c2cnccn2)c([N+](=O)[O-])c1. The number of hydrogen-bond donors (Lipinski definition) is 1. The molecule has 7 heteroatoms. The van der Waals surface area contributed by atoms with Gasteiger partial charge in [0.15, 0.2) is 0 Å². The van der Waals surface area contributed by atoms with Gasteiger partial charge in [-0.05, 0) is 19.1 Å². The fraction of sp³-hybridized carbons (Fsp3) is 0.231. The number of methoxy groups -OCH3 is 1. The first-order valence-corrected chi connectivity index (χ1v) is 5.96. The maximum absolute atomic E-state index is 11.1. The van der Waals surface area contributed by atoms with E-state index in [0.29, 0.717) is 17.1 Å². The third-order valence-electron chi connectivity index (χ3n) is 2.80. The van der Waals surface area contributed by atoms with Gasteiger partial charge in [-0.15, -0.1) is 0 Å². The van der Waals surface area contributed by atoms with Crippen LogP contribution in [0.5, 0.6) is 5.75 Å². The second-order valence-corrected chi connectivity index (χ2v) is 4.14. The smallest absolute Gasteiger partial charge is 0.296 e. The Bertz CT molecular complexity index is 604. The molecule has 0 aliphatic carbocycles. The molecule has 0 aliphatic heterocycles. The van der Waals surface area contributed by atoms with Crippen LogP contribution in [0, 0.1) is 10.1 Å². The monoisotopic (exact) mass is 274 g/mol. The number of anilines is 1. The summed E-state index contributed by atoms with van der Waals surface area (Å²) in [6.45, 7) is 1.86. The van der Waals surface area contributed by atoms with E-state index in [1.54, 1.807) is 30.7 Å². The molecule has 1 atom stereocenters. The quantitative estimate of drug-likeness (QED) is 0.665. The Morgan fingerprint density at radius 2 is 2.20 bits per heavy atom. The summed E-state index contributed by atoms with van der Waals surface area (Å²) in [6, 6.07) is 4.46. The number of benzene rings is 1. The number of nitrogens with one attached hydrogen (secondary N) is 1. The van der Waals surface area contributed by atoms with Crippen molar-refractivity contribution in [1.82, 2.24) is 9.97 Å². The average molecular weight is 274 g/mol. The number of nitro groups is 1. The maximum atomic E-state index is 11.1. The van der Waals surface area contributed by atoms with Gasteiger partial charge in [0.2, 0.25) is 0 Å². The van der Waals surface area contributed by atoms with Gasteiger partial charge < -0.3 is 10.1 Å². The van der Waals surface area contributed by atoms with Crippen LogP contribution in [0.25, 0.3) is 0 Å². The lowest BCUT2D eigenvalue weighted by molar-refractivity contribution is -0.384. The second kappa shape index (κ2) is 5.96. The highest BCUT2D eigenvalue weighted by atomic mass is 16.6. The standard InChI is InChI=1S/C13H14N4O3/c1-9(12-8-14-5-6-15-12)16-11-4-3-10(20-2)7-13(11)17(18)19/h3-9,16H,1-2H3. The molecule has 1 unspecified atom stereocenters. The first-order valence-electron chi connectivity index (χ1n) is 5.96. The average Bonchev–Trinajstić information content (AvgIpc) is 2.48. The molecule has 7 nitrogen and oxygen atoms in total. The van der Waals surface area contributed by atoms with Crippen LogP contribution in [-0.2, 0) is 0 Å². The molecule has 2 rings (SSSR count). The molecule has 0 bridgehead atoms. The summed E-state index contributed by atoms with van der Waals surface area (Å²) in [5.74, 6) is 0.439. The Labute approximate surface area is 115 Å². The maximum Gasteiger partial charge on any atom is 0.296 e. The molecule has 0 saturated heterocycles. The normalized spacial score (nSPS) is 11.7. The lowest BCUT2D eigenvalue weighted by Gasteiger charge is -2.14. The minimum atomic E-state index is -0.450. The Hall–Kier alpha value is -2.70. The molecule has 1 N–H and O–H groups in total. The first-order chi connectivity index (χ1) is 9.61. The van der Waals surface area contributed by atoms with Gasteiger partial charge in [0.25, 0.3) is 5.69 Å². The first kappa shape index (κ1) is 13.7. The van der Waals surface area contributed by atoms with Crippen molar-refractivity contribution in [3.05, 3.63) is 52.6 Å². The highest BCUT2D eigenvalue weighted by Gasteiger charge is 2.17. The van der Waals surface area contributed by atoms with Gasteiger partial charge in [-0.1, -0.05) is 0 Å². The van der Waals surface area contributed by atoms with Crippen LogP contribution in [0.15, 0.2) is 36.8 Å². The van der Waals surface area contributed by atoms with Crippen molar-refractivity contribution in [3.8, 4) is 5.75 Å². The summed E-state index contributed by atoms with van der Waals surface area (Å²) in [5, 5.41) is 14.1. The Morgan fingerprint density at radius 3 is 2.80 bits per heavy atom. The van der Waals surface area contributed by atoms with Crippen molar-refractivity contribution in [3.63, 3.8) is 0 Å². The van der Waals surface area contributed by atoms with E-state index in [2.05, 4.69) is 15.3 Å². The van der Waals surface area contributed by atoms with E-state index in [9.17, 15) is 10.1 Å². The van der Waals surface area contributed by atoms with Gasteiger partial charge in [0, 0.05) is 12.4 Å². The van der Waals surface area contributed by atoms with Crippen LogP contribution in [-0.4, -0.2) is 22.0 Å². The fourth-order valence-corrected chi connectivity index (χ4v) is 1.75. The summed E-state index contributed by atoms with van der Waals surface area (Å²) >= 11 is 0. The van der Waals surface area contributed by atoms with Gasteiger partial charge >= 0.3 is 0 Å². The number of aromatic nitrogens is 2. The predicted octanol–water partition coefficient (Wildman–Crippen LogP) is 2.57. The second-order valence-electron chi connectivity index (χ2n) is 4.14. The summed E-state index contributed by atoms with van der Waals surface area (Å²) in [4.78, 5) is 18.8. The third-order valence-corrected chi connectivity index (χ3v) is 2.80. The number of hydrogen-bond acceptors (Lipinski definition) is 6. The van der Waals surface area contributed by atoms with Gasteiger partial charge in [-0.25, -0.2) is 0 Å². The van der Waals surface area contributed by atoms with Crippen molar-refractivity contribution in [2.45, 2.75) is 13.0 Å². The van der Waals surface area contributed by atoms with E-state index in [4.69, 9.17) is 4.74 Å². The molecular formula is C13H14N4O3. The van der Waals surface area contributed by atoms with Crippen LogP contribution in [0.4, 0.5) is 11.4 Å². The molecule has 0 radical (unpaired) electrons. The Balaban J connectivity index is 2.27. The molecular weight excluding hydrogens is 260 g/mol. The largest absolute Gasteiger partial charge is 0.496 e. The van der Waals surface area contributed by atoms with Crippen molar-refractivity contribution < 1.29 is 9.66 Å². The number of ether oxygens (including phenoxy) is 1.